The molecule has 2 aliphatic rings. The monoisotopic (exact) mass is 162 g/mol. The maximum absolute atomic E-state index is 5.21. The van der Waals surface area contributed by atoms with Gasteiger partial charge in [-0.25, -0.2) is 0 Å². The number of ether oxygens (including phenoxy) is 1. The van der Waals surface area contributed by atoms with Crippen LogP contribution in [0, 0.1) is 0 Å². The van der Waals surface area contributed by atoms with Crippen LogP contribution in [-0.2, 0) is 4.74 Å². The molecule has 2 rings (SSSR count). The van der Waals surface area contributed by atoms with Gasteiger partial charge < -0.3 is 4.74 Å². The third-order valence-corrected chi connectivity index (χ3v) is 4.65. The summed E-state index contributed by atoms with van der Waals surface area (Å²) in [5.41, 5.74) is 0. The predicted octanol–water partition coefficient (Wildman–Crippen LogP) is 1.58. The molecular formula is C6H10OS2. The van der Waals surface area contributed by atoms with Crippen LogP contribution in [0.15, 0.2) is 0 Å². The van der Waals surface area contributed by atoms with E-state index in [-0.39, 0.29) is 0 Å². The van der Waals surface area contributed by atoms with E-state index >= 15 is 0 Å². The second-order valence-electron chi connectivity index (χ2n) is 2.34. The average Bonchev–Trinajstić information content (AvgIpc) is 2.71. The molecule has 3 heteroatoms. The van der Waals surface area contributed by atoms with E-state index in [0.717, 1.165) is 11.2 Å². The van der Waals surface area contributed by atoms with Crippen molar-refractivity contribution >= 4 is 23.5 Å². The molecule has 9 heavy (non-hydrogen) atoms. The van der Waals surface area contributed by atoms with E-state index in [9.17, 15) is 0 Å². The molecule has 0 amide bonds. The van der Waals surface area contributed by atoms with Crippen LogP contribution in [0.5, 0.6) is 0 Å². The quantitative estimate of drug-likeness (QED) is 0.543. The molecule has 0 N–H and O–H groups in total. The molecule has 2 aliphatic heterocycles. The normalized spacial score (nSPS) is 36.7. The third kappa shape index (κ3) is 1.57. The molecule has 1 unspecified atom stereocenters. The number of epoxide rings is 1. The van der Waals surface area contributed by atoms with Crippen LogP contribution in [0.4, 0.5) is 0 Å². The van der Waals surface area contributed by atoms with Crippen LogP contribution in [-0.4, -0.2) is 28.8 Å². The van der Waals surface area contributed by atoms with Crippen LogP contribution < -0.4 is 0 Å². The summed E-state index contributed by atoms with van der Waals surface area (Å²) in [6, 6.07) is 0. The highest BCUT2D eigenvalue weighted by molar-refractivity contribution is 8.17. The lowest BCUT2D eigenvalue weighted by Crippen LogP contribution is -2.12. The Balaban J connectivity index is 1.80. The molecule has 0 aromatic carbocycles. The summed E-state index contributed by atoms with van der Waals surface area (Å²) in [5, 5.41) is 0. The van der Waals surface area contributed by atoms with E-state index in [2.05, 4.69) is 23.5 Å². The average molecular weight is 162 g/mol. The van der Waals surface area contributed by atoms with Gasteiger partial charge in [0, 0.05) is 0 Å². The van der Waals surface area contributed by atoms with Crippen molar-refractivity contribution in [3.63, 3.8) is 0 Å². The van der Waals surface area contributed by atoms with Crippen molar-refractivity contribution in [3.05, 3.63) is 0 Å². The van der Waals surface area contributed by atoms with Gasteiger partial charge in [-0.2, -0.15) is 0 Å². The zero-order valence-electron chi connectivity index (χ0n) is 5.21. The zero-order valence-corrected chi connectivity index (χ0v) is 6.84. The first kappa shape index (κ1) is 6.38. The molecule has 1 nitrogen and oxygen atoms in total. The smallest absolute Gasteiger partial charge is 0.102 e. The standard InChI is InChI=1S/C6H10OS2/c1-2-8-6(9-3-1)5-4-7-5/h5-6H,1-4H2. The molecule has 0 aromatic heterocycles. The van der Waals surface area contributed by atoms with Gasteiger partial charge in [-0.05, 0) is 17.9 Å². The summed E-state index contributed by atoms with van der Waals surface area (Å²) >= 11 is 4.14. The van der Waals surface area contributed by atoms with E-state index in [1.54, 1.807) is 0 Å². The molecule has 0 aromatic rings. The molecule has 2 fully saturated rings. The van der Waals surface area contributed by atoms with Crippen LogP contribution in [0.2, 0.25) is 0 Å². The van der Waals surface area contributed by atoms with Crippen molar-refractivity contribution in [2.45, 2.75) is 17.1 Å². The maximum Gasteiger partial charge on any atom is 0.102 e. The largest absolute Gasteiger partial charge is 0.371 e. The fourth-order valence-electron chi connectivity index (χ4n) is 0.933. The third-order valence-electron chi connectivity index (χ3n) is 1.52. The predicted molar refractivity (Wildman–Crippen MR) is 43.1 cm³/mol. The molecule has 2 saturated heterocycles. The van der Waals surface area contributed by atoms with Gasteiger partial charge in [-0.15, -0.1) is 23.5 Å². The number of thioether (sulfide) groups is 2. The van der Waals surface area contributed by atoms with Gasteiger partial charge in [0.2, 0.25) is 0 Å². The van der Waals surface area contributed by atoms with E-state index in [0.29, 0.717) is 6.10 Å². The Labute approximate surface area is 63.9 Å². The molecule has 0 radical (unpaired) electrons. The minimum Gasteiger partial charge on any atom is -0.371 e. The minimum absolute atomic E-state index is 0.611. The number of rotatable bonds is 1. The second kappa shape index (κ2) is 2.72. The molecule has 0 aliphatic carbocycles. The van der Waals surface area contributed by atoms with E-state index in [1.165, 1.54) is 17.9 Å². The summed E-state index contributed by atoms with van der Waals surface area (Å²) in [4.78, 5) is 0. The highest BCUT2D eigenvalue weighted by atomic mass is 32.2. The van der Waals surface area contributed by atoms with Crippen molar-refractivity contribution in [1.29, 1.82) is 0 Å². The summed E-state index contributed by atoms with van der Waals surface area (Å²) < 4.78 is 5.98. The summed E-state index contributed by atoms with van der Waals surface area (Å²) in [7, 11) is 0. The first-order valence-corrected chi connectivity index (χ1v) is 5.41. The zero-order chi connectivity index (χ0) is 6.10. The Hall–Kier alpha value is 0.660. The summed E-state index contributed by atoms with van der Waals surface area (Å²) in [6.07, 6.45) is 2.00. The lowest BCUT2D eigenvalue weighted by Gasteiger charge is -2.18. The fourth-order valence-corrected chi connectivity index (χ4v) is 3.91. The van der Waals surface area contributed by atoms with E-state index in [1.807, 2.05) is 0 Å². The maximum atomic E-state index is 5.21. The summed E-state index contributed by atoms with van der Waals surface area (Å²) in [6.45, 7) is 1.02. The topological polar surface area (TPSA) is 12.5 Å². The second-order valence-corrected chi connectivity index (χ2v) is 5.13. The molecule has 2 heterocycles. The van der Waals surface area contributed by atoms with Crippen LogP contribution in [0.3, 0.4) is 0 Å². The lowest BCUT2D eigenvalue weighted by molar-refractivity contribution is 0.420. The number of hydrogen-bond acceptors (Lipinski definition) is 3. The Morgan fingerprint density at radius 1 is 1.22 bits per heavy atom. The van der Waals surface area contributed by atoms with Crippen LogP contribution in [0.1, 0.15) is 6.42 Å². The van der Waals surface area contributed by atoms with Crippen molar-refractivity contribution < 1.29 is 4.74 Å². The van der Waals surface area contributed by atoms with Crippen LogP contribution >= 0.6 is 23.5 Å². The Morgan fingerprint density at radius 2 is 1.89 bits per heavy atom. The van der Waals surface area contributed by atoms with Gasteiger partial charge in [0.25, 0.3) is 0 Å². The molecule has 0 bridgehead atoms. The first-order chi connectivity index (χ1) is 4.47. The van der Waals surface area contributed by atoms with E-state index < -0.39 is 0 Å². The van der Waals surface area contributed by atoms with Crippen molar-refractivity contribution in [2.75, 3.05) is 18.1 Å². The molecule has 1 atom stereocenters. The number of hydrogen-bond donors (Lipinski definition) is 0. The van der Waals surface area contributed by atoms with Gasteiger partial charge in [0.05, 0.1) is 11.2 Å². The Morgan fingerprint density at radius 3 is 2.44 bits per heavy atom. The highest BCUT2D eigenvalue weighted by Crippen LogP contribution is 2.38. The SMILES string of the molecule is C1CSC(C2CO2)SC1. The molecule has 0 spiro atoms. The van der Waals surface area contributed by atoms with Gasteiger partial charge in [-0.1, -0.05) is 0 Å². The lowest BCUT2D eigenvalue weighted by atomic mass is 10.5. The molecule has 52 valence electrons. The fraction of sp³-hybridized carbons (Fsp3) is 1.00. The van der Waals surface area contributed by atoms with Crippen molar-refractivity contribution in [3.8, 4) is 0 Å². The molecular weight excluding hydrogens is 152 g/mol. The summed E-state index contributed by atoms with van der Waals surface area (Å²) in [5.74, 6) is 2.69. The van der Waals surface area contributed by atoms with Gasteiger partial charge in [-0.3, -0.25) is 0 Å². The van der Waals surface area contributed by atoms with Gasteiger partial charge in [0.1, 0.15) is 6.10 Å². The van der Waals surface area contributed by atoms with Crippen LogP contribution in [0.25, 0.3) is 0 Å². The first-order valence-electron chi connectivity index (χ1n) is 3.31. The van der Waals surface area contributed by atoms with Crippen molar-refractivity contribution in [2.24, 2.45) is 0 Å². The highest BCUT2D eigenvalue weighted by Gasteiger charge is 2.34. The van der Waals surface area contributed by atoms with Gasteiger partial charge >= 0.3 is 0 Å². The van der Waals surface area contributed by atoms with Crippen molar-refractivity contribution in [1.82, 2.24) is 0 Å². The Kier molecular flexibility index (Phi) is 1.93. The molecule has 0 saturated carbocycles. The van der Waals surface area contributed by atoms with E-state index in [4.69, 9.17) is 4.74 Å². The Bertz CT molecular complexity index is 97.2. The minimum atomic E-state index is 0.611. The van der Waals surface area contributed by atoms with Gasteiger partial charge in [0.15, 0.2) is 0 Å².